The molecule has 10 heteroatoms. The maximum atomic E-state index is 13.0. The molecule has 0 aromatic heterocycles. The molecule has 0 saturated carbocycles. The number of amides is 1. The van der Waals surface area contributed by atoms with Gasteiger partial charge in [0.2, 0.25) is 15.9 Å². The Balaban J connectivity index is 2.92. The lowest BCUT2D eigenvalue weighted by Gasteiger charge is -2.10. The molecule has 0 spiro atoms. The zero-order valence-electron chi connectivity index (χ0n) is 9.87. The summed E-state index contributed by atoms with van der Waals surface area (Å²) in [6.45, 7) is 0. The Kier molecular flexibility index (Phi) is 4.71. The van der Waals surface area contributed by atoms with Crippen LogP contribution in [-0.2, 0) is 14.8 Å². The van der Waals surface area contributed by atoms with Crippen LogP contribution in [0, 0.1) is 5.82 Å². The normalized spacial score (nSPS) is 12.2. The number of nitrogens with one attached hydrogen (secondary N) is 1. The fraction of sp³-hybridized carbons (Fsp3) is 0.300. The molecular formula is C10H10F4N2O3S. The van der Waals surface area contributed by atoms with E-state index in [0.717, 1.165) is 12.1 Å². The first-order valence-corrected chi connectivity index (χ1v) is 6.72. The van der Waals surface area contributed by atoms with Crippen molar-refractivity contribution in [3.05, 3.63) is 24.0 Å². The summed E-state index contributed by atoms with van der Waals surface area (Å²) in [6.07, 6.45) is -6.81. The van der Waals surface area contributed by atoms with Gasteiger partial charge in [-0.05, 0) is 18.2 Å². The third-order valence-electron chi connectivity index (χ3n) is 2.16. The highest BCUT2D eigenvalue weighted by Crippen LogP contribution is 2.24. The van der Waals surface area contributed by atoms with Crippen molar-refractivity contribution >= 4 is 21.6 Å². The Bertz CT molecular complexity index is 613. The zero-order valence-corrected chi connectivity index (χ0v) is 10.7. The molecule has 112 valence electrons. The van der Waals surface area contributed by atoms with Crippen molar-refractivity contribution in [3.8, 4) is 0 Å². The minimum atomic E-state index is -4.53. The average Bonchev–Trinajstić information content (AvgIpc) is 2.23. The van der Waals surface area contributed by atoms with E-state index in [-0.39, 0.29) is 0 Å². The van der Waals surface area contributed by atoms with Gasteiger partial charge >= 0.3 is 6.18 Å². The van der Waals surface area contributed by atoms with E-state index in [2.05, 4.69) is 0 Å². The molecule has 0 saturated heterocycles. The molecule has 3 N–H and O–H groups in total. The van der Waals surface area contributed by atoms with Crippen LogP contribution in [0.3, 0.4) is 0 Å². The molecular weight excluding hydrogens is 304 g/mol. The van der Waals surface area contributed by atoms with Gasteiger partial charge in [0.25, 0.3) is 0 Å². The van der Waals surface area contributed by atoms with Gasteiger partial charge in [-0.1, -0.05) is 0 Å². The Labute approximate surface area is 111 Å². The standard InChI is InChI=1S/C10H10F4N2O3S/c11-6-1-2-8(20(15,18)19)7(5-6)16-9(17)3-4-10(12,13)14/h1-2,5H,3-4H2,(H,16,17)(H2,15,18,19). The second kappa shape index (κ2) is 5.75. The van der Waals surface area contributed by atoms with E-state index in [1.807, 2.05) is 5.32 Å². The summed E-state index contributed by atoms with van der Waals surface area (Å²) in [5.74, 6) is -1.97. The van der Waals surface area contributed by atoms with Crippen LogP contribution in [0.4, 0.5) is 23.2 Å². The molecule has 0 bridgehead atoms. The number of halogens is 4. The van der Waals surface area contributed by atoms with Crippen molar-refractivity contribution in [1.82, 2.24) is 0 Å². The Morgan fingerprint density at radius 3 is 2.40 bits per heavy atom. The number of nitrogens with two attached hydrogens (primary N) is 1. The summed E-state index contributed by atoms with van der Waals surface area (Å²) in [4.78, 5) is 10.7. The lowest BCUT2D eigenvalue weighted by atomic mass is 10.2. The van der Waals surface area contributed by atoms with Gasteiger partial charge in [0.1, 0.15) is 10.7 Å². The molecule has 0 aliphatic heterocycles. The van der Waals surface area contributed by atoms with Gasteiger partial charge in [-0.25, -0.2) is 17.9 Å². The van der Waals surface area contributed by atoms with Crippen molar-refractivity contribution in [3.63, 3.8) is 0 Å². The minimum Gasteiger partial charge on any atom is -0.325 e. The topological polar surface area (TPSA) is 89.3 Å². The summed E-state index contributed by atoms with van der Waals surface area (Å²) in [7, 11) is -4.24. The molecule has 5 nitrogen and oxygen atoms in total. The number of carbonyl (C=O) groups excluding carboxylic acids is 1. The van der Waals surface area contributed by atoms with Crippen molar-refractivity contribution in [2.45, 2.75) is 23.9 Å². The molecule has 0 radical (unpaired) electrons. The van der Waals surface area contributed by atoms with E-state index in [9.17, 15) is 30.8 Å². The maximum absolute atomic E-state index is 13.0. The molecule has 1 aromatic rings. The van der Waals surface area contributed by atoms with Gasteiger partial charge in [0, 0.05) is 6.42 Å². The fourth-order valence-corrected chi connectivity index (χ4v) is 1.99. The second-order valence-corrected chi connectivity index (χ2v) is 5.38. The number of anilines is 1. The van der Waals surface area contributed by atoms with Crippen LogP contribution < -0.4 is 10.5 Å². The van der Waals surface area contributed by atoms with E-state index in [0.29, 0.717) is 6.07 Å². The first-order chi connectivity index (χ1) is 8.99. The molecule has 0 fully saturated rings. The summed E-state index contributed by atoms with van der Waals surface area (Å²) in [5.41, 5.74) is -0.500. The predicted octanol–water partition coefficient (Wildman–Crippen LogP) is 1.75. The molecule has 0 aliphatic rings. The van der Waals surface area contributed by atoms with Gasteiger partial charge in [0.15, 0.2) is 0 Å². The monoisotopic (exact) mass is 314 g/mol. The number of rotatable bonds is 4. The van der Waals surface area contributed by atoms with Crippen LogP contribution in [-0.4, -0.2) is 20.5 Å². The van der Waals surface area contributed by atoms with Crippen LogP contribution in [0.1, 0.15) is 12.8 Å². The fourth-order valence-electron chi connectivity index (χ4n) is 1.32. The van der Waals surface area contributed by atoms with Crippen molar-refractivity contribution in [2.75, 3.05) is 5.32 Å². The summed E-state index contributed by atoms with van der Waals surface area (Å²) in [6, 6.07) is 2.26. The Morgan fingerprint density at radius 1 is 1.30 bits per heavy atom. The second-order valence-electron chi connectivity index (χ2n) is 3.85. The number of hydrogen-bond acceptors (Lipinski definition) is 3. The molecule has 1 aromatic carbocycles. The largest absolute Gasteiger partial charge is 0.389 e. The highest BCUT2D eigenvalue weighted by atomic mass is 32.2. The number of sulfonamides is 1. The minimum absolute atomic E-state index is 0.500. The van der Waals surface area contributed by atoms with E-state index >= 15 is 0 Å². The maximum Gasteiger partial charge on any atom is 0.389 e. The van der Waals surface area contributed by atoms with Gasteiger partial charge in [-0.15, -0.1) is 0 Å². The summed E-state index contributed by atoms with van der Waals surface area (Å²) in [5, 5.41) is 6.74. The number of alkyl halides is 3. The van der Waals surface area contributed by atoms with Gasteiger partial charge in [-0.2, -0.15) is 13.2 Å². The third kappa shape index (κ3) is 5.13. The van der Waals surface area contributed by atoms with Crippen molar-refractivity contribution in [2.24, 2.45) is 5.14 Å². The number of carbonyl (C=O) groups is 1. The Morgan fingerprint density at radius 2 is 1.90 bits per heavy atom. The SMILES string of the molecule is NS(=O)(=O)c1ccc(F)cc1NC(=O)CCC(F)(F)F. The third-order valence-corrected chi connectivity index (χ3v) is 3.13. The van der Waals surface area contributed by atoms with E-state index < -0.39 is 51.3 Å². The van der Waals surface area contributed by atoms with Crippen LogP contribution >= 0.6 is 0 Å². The van der Waals surface area contributed by atoms with Gasteiger partial charge in [0.05, 0.1) is 12.1 Å². The average molecular weight is 314 g/mol. The van der Waals surface area contributed by atoms with E-state index in [4.69, 9.17) is 5.14 Å². The molecule has 0 atom stereocenters. The lowest BCUT2D eigenvalue weighted by molar-refractivity contribution is -0.142. The molecule has 1 rings (SSSR count). The first-order valence-electron chi connectivity index (χ1n) is 5.18. The molecule has 20 heavy (non-hydrogen) atoms. The quantitative estimate of drug-likeness (QED) is 0.830. The van der Waals surface area contributed by atoms with Gasteiger partial charge < -0.3 is 5.32 Å². The highest BCUT2D eigenvalue weighted by molar-refractivity contribution is 7.89. The molecule has 1 amide bonds. The number of benzene rings is 1. The summed E-state index contributed by atoms with van der Waals surface area (Å²) >= 11 is 0. The predicted molar refractivity (Wildman–Crippen MR) is 61.7 cm³/mol. The van der Waals surface area contributed by atoms with Crippen molar-refractivity contribution in [1.29, 1.82) is 0 Å². The molecule has 0 aliphatic carbocycles. The van der Waals surface area contributed by atoms with E-state index in [1.165, 1.54) is 0 Å². The van der Waals surface area contributed by atoms with Crippen LogP contribution in [0.2, 0.25) is 0 Å². The molecule has 0 heterocycles. The smallest absolute Gasteiger partial charge is 0.325 e. The van der Waals surface area contributed by atoms with Crippen LogP contribution in [0.25, 0.3) is 0 Å². The molecule has 0 unspecified atom stereocenters. The Hall–Kier alpha value is -1.68. The lowest BCUT2D eigenvalue weighted by Crippen LogP contribution is -2.20. The summed E-state index contributed by atoms with van der Waals surface area (Å²) < 4.78 is 71.2. The number of hydrogen-bond donors (Lipinski definition) is 2. The highest BCUT2D eigenvalue weighted by Gasteiger charge is 2.28. The van der Waals surface area contributed by atoms with Crippen LogP contribution in [0.15, 0.2) is 23.1 Å². The van der Waals surface area contributed by atoms with Gasteiger partial charge in [-0.3, -0.25) is 4.79 Å². The number of primary sulfonamides is 1. The van der Waals surface area contributed by atoms with E-state index in [1.54, 1.807) is 0 Å². The van der Waals surface area contributed by atoms with Crippen molar-refractivity contribution < 1.29 is 30.8 Å². The van der Waals surface area contributed by atoms with Crippen LogP contribution in [0.5, 0.6) is 0 Å². The zero-order chi connectivity index (χ0) is 15.6. The first kappa shape index (κ1) is 16.4.